The molecule has 5 N–H and O–H groups in total. The predicted molar refractivity (Wildman–Crippen MR) is 76.1 cm³/mol. The van der Waals surface area contributed by atoms with E-state index in [0.717, 1.165) is 5.56 Å². The Morgan fingerprint density at radius 3 is 2.43 bits per heavy atom. The minimum atomic E-state index is -1.15. The smallest absolute Gasteiger partial charge is 0.325 e. The van der Waals surface area contributed by atoms with E-state index in [-0.39, 0.29) is 6.42 Å². The molecule has 0 aliphatic rings. The van der Waals surface area contributed by atoms with Gasteiger partial charge in [-0.05, 0) is 12.5 Å². The number of carbonyl (C=O) groups is 3. The van der Waals surface area contributed by atoms with Crippen molar-refractivity contribution in [3.63, 3.8) is 0 Å². The molecule has 7 heteroatoms. The van der Waals surface area contributed by atoms with Crippen LogP contribution >= 0.6 is 0 Å². The van der Waals surface area contributed by atoms with Crippen LogP contribution in [0.25, 0.3) is 0 Å². The summed E-state index contributed by atoms with van der Waals surface area (Å²) in [5, 5.41) is 13.5. The van der Waals surface area contributed by atoms with Crippen molar-refractivity contribution in [3.8, 4) is 0 Å². The van der Waals surface area contributed by atoms with Gasteiger partial charge in [0.2, 0.25) is 11.8 Å². The van der Waals surface area contributed by atoms with Crippen molar-refractivity contribution in [3.05, 3.63) is 35.9 Å². The maximum absolute atomic E-state index is 11.7. The van der Waals surface area contributed by atoms with Gasteiger partial charge in [-0.15, -0.1) is 0 Å². The van der Waals surface area contributed by atoms with E-state index < -0.39 is 29.9 Å². The molecule has 0 spiro atoms. The molecule has 0 heterocycles. The van der Waals surface area contributed by atoms with Gasteiger partial charge in [-0.3, -0.25) is 14.4 Å². The highest BCUT2D eigenvalue weighted by Gasteiger charge is 2.20. The zero-order chi connectivity index (χ0) is 15.8. The Kier molecular flexibility index (Phi) is 6.35. The van der Waals surface area contributed by atoms with E-state index in [9.17, 15) is 14.4 Å². The second kappa shape index (κ2) is 8.01. The number of nitrogens with two attached hydrogens (primary N) is 1. The van der Waals surface area contributed by atoms with Crippen LogP contribution in [-0.2, 0) is 20.9 Å². The van der Waals surface area contributed by atoms with Gasteiger partial charge in [-0.2, -0.15) is 0 Å². The molecule has 1 aromatic rings. The van der Waals surface area contributed by atoms with Gasteiger partial charge in [0.05, 0.1) is 12.5 Å². The molecule has 0 unspecified atom stereocenters. The SMILES string of the molecule is C[C@@H](NC(=O)C[C@H](N)C(=O)NCc1ccccc1)C(=O)O. The average molecular weight is 293 g/mol. The van der Waals surface area contributed by atoms with E-state index in [0.29, 0.717) is 6.54 Å². The normalized spacial score (nSPS) is 13.0. The minimum Gasteiger partial charge on any atom is -0.480 e. The Labute approximate surface area is 122 Å². The van der Waals surface area contributed by atoms with Crippen LogP contribution in [0, 0.1) is 0 Å². The van der Waals surface area contributed by atoms with Crippen molar-refractivity contribution >= 4 is 17.8 Å². The maximum atomic E-state index is 11.7. The number of aliphatic carboxylic acids is 1. The van der Waals surface area contributed by atoms with Crippen LogP contribution in [0.15, 0.2) is 30.3 Å². The fraction of sp³-hybridized carbons (Fsp3) is 0.357. The maximum Gasteiger partial charge on any atom is 0.325 e. The Bertz CT molecular complexity index is 504. The molecular weight excluding hydrogens is 274 g/mol. The zero-order valence-electron chi connectivity index (χ0n) is 11.7. The molecule has 0 aromatic heterocycles. The lowest BCUT2D eigenvalue weighted by molar-refractivity contribution is -0.141. The molecule has 2 amide bonds. The second-order valence-electron chi connectivity index (χ2n) is 4.64. The summed E-state index contributed by atoms with van der Waals surface area (Å²) >= 11 is 0. The van der Waals surface area contributed by atoms with Crippen molar-refractivity contribution in [2.45, 2.75) is 32.0 Å². The first-order chi connectivity index (χ1) is 9.90. The third-order valence-electron chi connectivity index (χ3n) is 2.80. The van der Waals surface area contributed by atoms with Crippen LogP contribution in [-0.4, -0.2) is 35.0 Å². The molecule has 1 rings (SSSR count). The summed E-state index contributed by atoms with van der Waals surface area (Å²) in [6.45, 7) is 1.65. The van der Waals surface area contributed by atoms with Crippen LogP contribution in [0.2, 0.25) is 0 Å². The van der Waals surface area contributed by atoms with Crippen molar-refractivity contribution in [2.24, 2.45) is 5.73 Å². The Morgan fingerprint density at radius 2 is 1.86 bits per heavy atom. The van der Waals surface area contributed by atoms with Gasteiger partial charge in [0.15, 0.2) is 0 Å². The first kappa shape index (κ1) is 16.6. The van der Waals surface area contributed by atoms with E-state index in [1.807, 2.05) is 30.3 Å². The quantitative estimate of drug-likeness (QED) is 0.545. The number of carboxylic acid groups (broad SMARTS) is 1. The van der Waals surface area contributed by atoms with Crippen molar-refractivity contribution in [1.29, 1.82) is 0 Å². The minimum absolute atomic E-state index is 0.266. The summed E-state index contributed by atoms with van der Waals surface area (Å²) in [6, 6.07) is 7.24. The van der Waals surface area contributed by atoms with Crippen LogP contribution in [0.1, 0.15) is 18.9 Å². The number of hydrogen-bond donors (Lipinski definition) is 4. The van der Waals surface area contributed by atoms with E-state index in [4.69, 9.17) is 10.8 Å². The van der Waals surface area contributed by atoms with E-state index in [1.54, 1.807) is 0 Å². The fourth-order valence-electron chi connectivity index (χ4n) is 1.57. The summed E-state index contributed by atoms with van der Waals surface area (Å²) in [4.78, 5) is 33.8. The first-order valence-electron chi connectivity index (χ1n) is 6.49. The number of rotatable bonds is 7. The third kappa shape index (κ3) is 6.05. The van der Waals surface area contributed by atoms with E-state index >= 15 is 0 Å². The number of hydrogen-bond acceptors (Lipinski definition) is 4. The molecular formula is C14H19N3O4. The number of nitrogens with one attached hydrogen (secondary N) is 2. The number of benzene rings is 1. The summed E-state index contributed by atoms with van der Waals surface area (Å²) in [5.41, 5.74) is 6.53. The van der Waals surface area contributed by atoms with Crippen molar-refractivity contribution < 1.29 is 19.5 Å². The number of amides is 2. The standard InChI is InChI=1S/C14H19N3O4/c1-9(14(20)21)17-12(18)7-11(15)13(19)16-8-10-5-3-2-4-6-10/h2-6,9,11H,7-8,15H2,1H3,(H,16,19)(H,17,18)(H,20,21)/t9-,11+/m1/s1. The van der Waals surface area contributed by atoms with Gasteiger partial charge < -0.3 is 21.5 Å². The largest absolute Gasteiger partial charge is 0.480 e. The molecule has 114 valence electrons. The zero-order valence-corrected chi connectivity index (χ0v) is 11.7. The molecule has 0 aliphatic carbocycles. The Hall–Kier alpha value is -2.41. The van der Waals surface area contributed by atoms with Gasteiger partial charge in [0, 0.05) is 6.54 Å². The summed E-state index contributed by atoms with van der Waals surface area (Å²) in [5.74, 6) is -2.19. The lowest BCUT2D eigenvalue weighted by atomic mass is 10.1. The van der Waals surface area contributed by atoms with Gasteiger partial charge in [-0.25, -0.2) is 0 Å². The van der Waals surface area contributed by atoms with E-state index in [1.165, 1.54) is 6.92 Å². The summed E-state index contributed by atoms with van der Waals surface area (Å²) in [7, 11) is 0. The summed E-state index contributed by atoms with van der Waals surface area (Å²) in [6.07, 6.45) is -0.266. The summed E-state index contributed by atoms with van der Waals surface area (Å²) < 4.78 is 0. The van der Waals surface area contributed by atoms with Gasteiger partial charge in [-0.1, -0.05) is 30.3 Å². The van der Waals surface area contributed by atoms with Crippen LogP contribution < -0.4 is 16.4 Å². The highest BCUT2D eigenvalue weighted by Crippen LogP contribution is 1.98. The predicted octanol–water partition coefficient (Wildman–Crippen LogP) is -0.390. The fourth-order valence-corrected chi connectivity index (χ4v) is 1.57. The van der Waals surface area contributed by atoms with Crippen LogP contribution in [0.3, 0.4) is 0 Å². The molecule has 21 heavy (non-hydrogen) atoms. The van der Waals surface area contributed by atoms with Crippen molar-refractivity contribution in [2.75, 3.05) is 0 Å². The lowest BCUT2D eigenvalue weighted by Crippen LogP contribution is -2.46. The topological polar surface area (TPSA) is 122 Å². The molecule has 0 radical (unpaired) electrons. The number of carboxylic acids is 1. The highest BCUT2D eigenvalue weighted by atomic mass is 16.4. The molecule has 7 nitrogen and oxygen atoms in total. The molecule has 1 aromatic carbocycles. The first-order valence-corrected chi connectivity index (χ1v) is 6.49. The molecule has 0 fully saturated rings. The third-order valence-corrected chi connectivity index (χ3v) is 2.80. The lowest BCUT2D eigenvalue weighted by Gasteiger charge is -2.14. The van der Waals surface area contributed by atoms with Gasteiger partial charge >= 0.3 is 5.97 Å². The molecule has 0 bridgehead atoms. The molecule has 0 saturated heterocycles. The molecule has 2 atom stereocenters. The van der Waals surface area contributed by atoms with Gasteiger partial charge in [0.25, 0.3) is 0 Å². The van der Waals surface area contributed by atoms with Crippen molar-refractivity contribution in [1.82, 2.24) is 10.6 Å². The number of carbonyl (C=O) groups excluding carboxylic acids is 2. The second-order valence-corrected chi connectivity index (χ2v) is 4.64. The Balaban J connectivity index is 2.37. The highest BCUT2D eigenvalue weighted by molar-refractivity contribution is 5.89. The molecule has 0 saturated carbocycles. The Morgan fingerprint density at radius 1 is 1.24 bits per heavy atom. The van der Waals surface area contributed by atoms with Crippen LogP contribution in [0.4, 0.5) is 0 Å². The van der Waals surface area contributed by atoms with E-state index in [2.05, 4.69) is 10.6 Å². The van der Waals surface area contributed by atoms with Crippen LogP contribution in [0.5, 0.6) is 0 Å². The average Bonchev–Trinajstić information content (AvgIpc) is 2.45. The monoisotopic (exact) mass is 293 g/mol. The molecule has 0 aliphatic heterocycles. The van der Waals surface area contributed by atoms with Gasteiger partial charge in [0.1, 0.15) is 6.04 Å².